The van der Waals surface area contributed by atoms with E-state index in [0.29, 0.717) is 24.9 Å². The van der Waals surface area contributed by atoms with Gasteiger partial charge in [0.15, 0.2) is 0 Å². The van der Waals surface area contributed by atoms with E-state index in [2.05, 4.69) is 10.6 Å². The Hall–Kier alpha value is -3.51. The van der Waals surface area contributed by atoms with E-state index in [1.54, 1.807) is 30.3 Å². The van der Waals surface area contributed by atoms with Gasteiger partial charge in [-0.1, -0.05) is 30.3 Å². The summed E-state index contributed by atoms with van der Waals surface area (Å²) in [6.45, 7) is -0.0334. The van der Waals surface area contributed by atoms with Crippen molar-refractivity contribution in [2.75, 3.05) is 20.1 Å². The largest absolute Gasteiger partial charge is 0.481 e. The van der Waals surface area contributed by atoms with Gasteiger partial charge in [0.1, 0.15) is 12.1 Å². The van der Waals surface area contributed by atoms with Crippen LogP contribution in [-0.4, -0.2) is 83.0 Å². The second-order valence-corrected chi connectivity index (χ2v) is 7.80. The first-order valence-electron chi connectivity index (χ1n) is 10.8. The van der Waals surface area contributed by atoms with E-state index < -0.39 is 60.8 Å². The van der Waals surface area contributed by atoms with Crippen molar-refractivity contribution in [3.8, 4) is 0 Å². The first kappa shape index (κ1) is 28.5. The first-order chi connectivity index (χ1) is 16.1. The summed E-state index contributed by atoms with van der Waals surface area (Å²) in [5, 5.41) is 22.9. The zero-order valence-electron chi connectivity index (χ0n) is 19.1. The maximum absolute atomic E-state index is 13.0. The molecule has 1 rings (SSSR count). The third-order valence-corrected chi connectivity index (χ3v) is 5.17. The van der Waals surface area contributed by atoms with Crippen molar-refractivity contribution in [2.45, 2.75) is 50.2 Å². The number of hydrogen-bond acceptors (Lipinski definition) is 7. The molecular weight excluding hydrogens is 446 g/mol. The van der Waals surface area contributed by atoms with Crippen LogP contribution in [0.4, 0.5) is 0 Å². The van der Waals surface area contributed by atoms with Crippen molar-refractivity contribution in [2.24, 2.45) is 11.5 Å². The number of carbonyl (C=O) groups excluding carboxylic acids is 3. The molecule has 0 spiro atoms. The predicted octanol–water partition coefficient (Wildman–Crippen LogP) is -1.33. The topological polar surface area (TPSA) is 205 Å². The lowest BCUT2D eigenvalue weighted by atomic mass is 10.0. The summed E-state index contributed by atoms with van der Waals surface area (Å²) in [5.74, 6) is -4.47. The molecule has 0 fully saturated rings. The molecule has 0 aliphatic carbocycles. The molecule has 3 amide bonds. The summed E-state index contributed by atoms with van der Waals surface area (Å²) < 4.78 is 0. The minimum absolute atomic E-state index is 0.0736. The Morgan fingerprint density at radius 3 is 2.24 bits per heavy atom. The van der Waals surface area contributed by atoms with E-state index in [-0.39, 0.29) is 12.8 Å². The maximum Gasteiger partial charge on any atom is 0.326 e. The number of amides is 3. The molecule has 8 N–H and O–H groups in total. The van der Waals surface area contributed by atoms with Crippen LogP contribution in [0.15, 0.2) is 30.3 Å². The molecule has 12 heteroatoms. The number of carbonyl (C=O) groups is 5. The zero-order valence-corrected chi connectivity index (χ0v) is 19.1. The van der Waals surface area contributed by atoms with Gasteiger partial charge in [-0.05, 0) is 31.4 Å². The van der Waals surface area contributed by atoms with Gasteiger partial charge in [-0.15, -0.1) is 0 Å². The fraction of sp³-hybridized carbons (Fsp3) is 0.500. The van der Waals surface area contributed by atoms with Crippen molar-refractivity contribution in [1.82, 2.24) is 15.5 Å². The van der Waals surface area contributed by atoms with Crippen LogP contribution in [-0.2, 0) is 30.4 Å². The molecule has 12 nitrogen and oxygen atoms in total. The van der Waals surface area contributed by atoms with Crippen LogP contribution in [0.2, 0.25) is 0 Å². The Labute approximate surface area is 197 Å². The highest BCUT2D eigenvalue weighted by Gasteiger charge is 2.31. The third-order valence-electron chi connectivity index (χ3n) is 5.17. The fourth-order valence-corrected chi connectivity index (χ4v) is 3.10. The minimum Gasteiger partial charge on any atom is -0.481 e. The fourth-order valence-electron chi connectivity index (χ4n) is 3.10. The number of nitrogens with zero attached hydrogens (tertiary/aromatic N) is 1. The van der Waals surface area contributed by atoms with Gasteiger partial charge < -0.3 is 37.2 Å². The number of benzene rings is 1. The van der Waals surface area contributed by atoms with Crippen LogP contribution in [0.25, 0.3) is 0 Å². The van der Waals surface area contributed by atoms with Gasteiger partial charge in [0.05, 0.1) is 12.6 Å². The van der Waals surface area contributed by atoms with Crippen LogP contribution in [0.3, 0.4) is 0 Å². The molecule has 0 bridgehead atoms. The molecule has 3 atom stereocenters. The lowest BCUT2D eigenvalue weighted by molar-refractivity contribution is -0.145. The molecule has 0 aliphatic heterocycles. The minimum atomic E-state index is -1.44. The average Bonchev–Trinajstić information content (AvgIpc) is 2.81. The second-order valence-electron chi connectivity index (χ2n) is 7.80. The highest BCUT2D eigenvalue weighted by molar-refractivity contribution is 5.92. The van der Waals surface area contributed by atoms with Crippen molar-refractivity contribution in [3.05, 3.63) is 35.9 Å². The molecule has 0 heterocycles. The predicted molar refractivity (Wildman–Crippen MR) is 122 cm³/mol. The number of rotatable bonds is 15. The molecule has 0 saturated heterocycles. The van der Waals surface area contributed by atoms with Gasteiger partial charge in [-0.3, -0.25) is 19.2 Å². The smallest absolute Gasteiger partial charge is 0.326 e. The summed E-state index contributed by atoms with van der Waals surface area (Å²) in [4.78, 5) is 61.2. The van der Waals surface area contributed by atoms with E-state index in [1.807, 2.05) is 0 Å². The molecule has 34 heavy (non-hydrogen) atoms. The van der Waals surface area contributed by atoms with Gasteiger partial charge in [0.2, 0.25) is 17.7 Å². The lowest BCUT2D eigenvalue weighted by Crippen LogP contribution is -2.55. The summed E-state index contributed by atoms with van der Waals surface area (Å²) in [7, 11) is 1.36. The van der Waals surface area contributed by atoms with E-state index in [1.165, 1.54) is 7.05 Å². The van der Waals surface area contributed by atoms with Crippen LogP contribution in [0.1, 0.15) is 31.2 Å². The molecule has 0 aromatic heterocycles. The van der Waals surface area contributed by atoms with Gasteiger partial charge in [-0.2, -0.15) is 0 Å². The molecule has 0 radical (unpaired) electrons. The standard InChI is InChI=1S/C22H33N5O7/c1-27(18(28)13-25-20(31)15(24)8-5-11-23)17(12-14-6-3-2-4-7-14)21(32)26-16(22(33)34)9-10-19(29)30/h2-4,6-7,15-17H,5,8-13,23-24H2,1H3,(H,25,31)(H,26,32)(H,29,30)(H,33,34)/t15-,16+,17+/m1/s1. The lowest BCUT2D eigenvalue weighted by Gasteiger charge is -2.29. The quantitative estimate of drug-likeness (QED) is 0.176. The number of nitrogens with one attached hydrogen (secondary N) is 2. The molecule has 1 aromatic rings. The van der Waals surface area contributed by atoms with Crippen molar-refractivity contribution < 1.29 is 34.2 Å². The van der Waals surface area contributed by atoms with Crippen molar-refractivity contribution in [3.63, 3.8) is 0 Å². The Morgan fingerprint density at radius 2 is 1.68 bits per heavy atom. The van der Waals surface area contributed by atoms with Gasteiger partial charge in [0, 0.05) is 19.9 Å². The van der Waals surface area contributed by atoms with E-state index in [0.717, 1.165) is 4.90 Å². The molecular formula is C22H33N5O7. The Morgan fingerprint density at radius 1 is 1.03 bits per heavy atom. The normalized spacial score (nSPS) is 13.3. The average molecular weight is 480 g/mol. The Bertz CT molecular complexity index is 849. The second kappa shape index (κ2) is 14.6. The van der Waals surface area contributed by atoms with E-state index >= 15 is 0 Å². The van der Waals surface area contributed by atoms with Crippen LogP contribution < -0.4 is 22.1 Å². The van der Waals surface area contributed by atoms with Gasteiger partial charge in [0.25, 0.3) is 0 Å². The number of nitrogens with two attached hydrogens (primary N) is 2. The van der Waals surface area contributed by atoms with Crippen molar-refractivity contribution >= 4 is 29.7 Å². The number of likely N-dealkylation sites (N-methyl/N-ethyl adjacent to an activating group) is 1. The third kappa shape index (κ3) is 9.96. The molecule has 0 aliphatic rings. The molecule has 1 aromatic carbocycles. The molecule has 0 unspecified atom stereocenters. The maximum atomic E-state index is 13.0. The van der Waals surface area contributed by atoms with Crippen LogP contribution in [0, 0.1) is 0 Å². The Balaban J connectivity index is 2.94. The summed E-state index contributed by atoms with van der Waals surface area (Å²) in [5.41, 5.74) is 11.9. The highest BCUT2D eigenvalue weighted by Crippen LogP contribution is 2.10. The van der Waals surface area contributed by atoms with Gasteiger partial charge >= 0.3 is 11.9 Å². The van der Waals surface area contributed by atoms with Gasteiger partial charge in [-0.25, -0.2) is 4.79 Å². The van der Waals surface area contributed by atoms with E-state index in [9.17, 15) is 29.1 Å². The zero-order chi connectivity index (χ0) is 25.7. The SMILES string of the molecule is CN(C(=O)CNC(=O)[C@H](N)CCCN)[C@@H](Cc1ccccc1)C(=O)N[C@@H](CCC(=O)O)C(=O)O. The summed E-state index contributed by atoms with van der Waals surface area (Å²) in [6.07, 6.45) is 0.214. The summed E-state index contributed by atoms with van der Waals surface area (Å²) in [6, 6.07) is 5.41. The Kier molecular flexibility index (Phi) is 12.2. The van der Waals surface area contributed by atoms with Crippen LogP contribution >= 0.6 is 0 Å². The molecule has 0 saturated carbocycles. The van der Waals surface area contributed by atoms with Crippen molar-refractivity contribution in [1.29, 1.82) is 0 Å². The first-order valence-corrected chi connectivity index (χ1v) is 10.8. The highest BCUT2D eigenvalue weighted by atomic mass is 16.4. The number of carboxylic acids is 2. The summed E-state index contributed by atoms with van der Waals surface area (Å²) >= 11 is 0. The monoisotopic (exact) mass is 479 g/mol. The number of hydrogen-bond donors (Lipinski definition) is 6. The van der Waals surface area contributed by atoms with Crippen LogP contribution in [0.5, 0.6) is 0 Å². The number of aliphatic carboxylic acids is 2. The molecule has 188 valence electrons. The van der Waals surface area contributed by atoms with E-state index in [4.69, 9.17) is 16.6 Å². The number of carboxylic acid groups (broad SMARTS) is 2.